The van der Waals surface area contributed by atoms with Crippen LogP contribution in [0.5, 0.6) is 0 Å². The monoisotopic (exact) mass is 358 g/mol. The van der Waals surface area contributed by atoms with E-state index >= 15 is 0 Å². The van der Waals surface area contributed by atoms with Gasteiger partial charge in [-0.1, -0.05) is 34.1 Å². The number of nitrogens with zero attached hydrogens (tertiary/aromatic N) is 1. The molecule has 1 fully saturated rings. The highest BCUT2D eigenvalue weighted by Crippen LogP contribution is 2.19. The van der Waals surface area contributed by atoms with E-state index in [9.17, 15) is 4.79 Å². The maximum absolute atomic E-state index is 12.1. The number of hydrogen-bond acceptors (Lipinski definition) is 2. The third kappa shape index (κ3) is 4.62. The Bertz CT molecular complexity index is 479. The topological polar surface area (TPSA) is 32.3 Å². The van der Waals surface area contributed by atoms with E-state index in [-0.39, 0.29) is 18.3 Å². The second-order valence-electron chi connectivity index (χ2n) is 4.85. The van der Waals surface area contributed by atoms with Gasteiger partial charge >= 0.3 is 0 Å². The summed E-state index contributed by atoms with van der Waals surface area (Å²) < 4.78 is 1.01. The van der Waals surface area contributed by atoms with Crippen molar-refractivity contribution in [1.82, 2.24) is 10.2 Å². The summed E-state index contributed by atoms with van der Waals surface area (Å²) >= 11 is 3.48. The van der Waals surface area contributed by atoms with Gasteiger partial charge in [0.25, 0.3) is 0 Å². The van der Waals surface area contributed by atoms with Crippen molar-refractivity contribution >= 4 is 40.3 Å². The minimum absolute atomic E-state index is 0. The van der Waals surface area contributed by atoms with Crippen molar-refractivity contribution in [1.29, 1.82) is 0 Å². The van der Waals surface area contributed by atoms with Crippen LogP contribution in [0, 0.1) is 5.92 Å². The van der Waals surface area contributed by atoms with E-state index in [2.05, 4.69) is 21.2 Å². The Morgan fingerprint density at radius 2 is 2.25 bits per heavy atom. The summed E-state index contributed by atoms with van der Waals surface area (Å²) in [5.74, 6) is 0.695. The first-order valence-corrected chi connectivity index (χ1v) is 7.36. The smallest absolute Gasteiger partial charge is 0.246 e. The van der Waals surface area contributed by atoms with Crippen LogP contribution in [0.2, 0.25) is 0 Å². The highest BCUT2D eigenvalue weighted by molar-refractivity contribution is 9.10. The molecular weight excluding hydrogens is 340 g/mol. The fourth-order valence-electron chi connectivity index (χ4n) is 2.36. The van der Waals surface area contributed by atoms with E-state index < -0.39 is 0 Å². The number of nitrogens with one attached hydrogen (secondary N) is 1. The molecule has 1 aromatic rings. The van der Waals surface area contributed by atoms with E-state index in [1.165, 1.54) is 0 Å². The zero-order valence-corrected chi connectivity index (χ0v) is 13.9. The van der Waals surface area contributed by atoms with Gasteiger partial charge in [-0.25, -0.2) is 0 Å². The van der Waals surface area contributed by atoms with Gasteiger partial charge in [-0.05, 0) is 43.6 Å². The number of likely N-dealkylation sites (tertiary alicyclic amines) is 1. The Hall–Kier alpha value is -0.840. The van der Waals surface area contributed by atoms with Gasteiger partial charge in [0.1, 0.15) is 0 Å². The summed E-state index contributed by atoms with van der Waals surface area (Å²) in [6, 6.07) is 7.89. The fourth-order valence-corrected chi connectivity index (χ4v) is 2.78. The number of hydrogen-bond donors (Lipinski definition) is 1. The number of amides is 1. The molecule has 0 aromatic heterocycles. The predicted molar refractivity (Wildman–Crippen MR) is 89.0 cm³/mol. The quantitative estimate of drug-likeness (QED) is 0.838. The average molecular weight is 360 g/mol. The molecule has 1 atom stereocenters. The molecule has 3 nitrogen and oxygen atoms in total. The number of halogens is 2. The van der Waals surface area contributed by atoms with Crippen molar-refractivity contribution in [2.24, 2.45) is 5.92 Å². The van der Waals surface area contributed by atoms with Crippen molar-refractivity contribution in [3.63, 3.8) is 0 Å². The molecule has 1 saturated heterocycles. The van der Waals surface area contributed by atoms with E-state index in [0.29, 0.717) is 5.92 Å². The molecular formula is C15H20BrClN2O. The first kappa shape index (κ1) is 17.2. The van der Waals surface area contributed by atoms with Crippen LogP contribution < -0.4 is 5.32 Å². The molecule has 1 aliphatic rings. The molecule has 1 amide bonds. The highest BCUT2D eigenvalue weighted by atomic mass is 79.9. The van der Waals surface area contributed by atoms with Gasteiger partial charge in [0.15, 0.2) is 0 Å². The Morgan fingerprint density at radius 1 is 1.50 bits per heavy atom. The van der Waals surface area contributed by atoms with Gasteiger partial charge in [0.2, 0.25) is 5.91 Å². The zero-order chi connectivity index (χ0) is 13.7. The van der Waals surface area contributed by atoms with Crippen molar-refractivity contribution < 1.29 is 4.79 Å². The molecule has 20 heavy (non-hydrogen) atoms. The van der Waals surface area contributed by atoms with Gasteiger partial charge in [0, 0.05) is 23.6 Å². The third-order valence-corrected chi connectivity index (χ3v) is 4.12. The van der Waals surface area contributed by atoms with Crippen LogP contribution in [0.15, 0.2) is 34.8 Å². The SMILES string of the molecule is CNCC1CCN(C(=O)/C=C/c2ccccc2Br)C1.Cl. The Labute approximate surface area is 135 Å². The molecule has 5 heteroatoms. The van der Waals surface area contributed by atoms with Crippen molar-refractivity contribution in [2.45, 2.75) is 6.42 Å². The molecule has 0 saturated carbocycles. The summed E-state index contributed by atoms with van der Waals surface area (Å²) in [4.78, 5) is 14.0. The zero-order valence-electron chi connectivity index (χ0n) is 11.5. The maximum atomic E-state index is 12.1. The second kappa shape index (κ2) is 8.45. The second-order valence-corrected chi connectivity index (χ2v) is 5.71. The third-order valence-electron chi connectivity index (χ3n) is 3.40. The van der Waals surface area contributed by atoms with Crippen LogP contribution in [0.1, 0.15) is 12.0 Å². The molecule has 0 spiro atoms. The van der Waals surface area contributed by atoms with Crippen molar-refractivity contribution in [3.05, 3.63) is 40.4 Å². The summed E-state index contributed by atoms with van der Waals surface area (Å²) in [6.45, 7) is 2.71. The van der Waals surface area contributed by atoms with E-state index in [1.54, 1.807) is 6.08 Å². The Kier molecular flexibility index (Phi) is 7.27. The number of rotatable bonds is 4. The summed E-state index contributed by atoms with van der Waals surface area (Å²) in [5.41, 5.74) is 1.03. The van der Waals surface area contributed by atoms with Gasteiger partial charge < -0.3 is 10.2 Å². The fraction of sp³-hybridized carbons (Fsp3) is 0.400. The Morgan fingerprint density at radius 3 is 2.95 bits per heavy atom. The van der Waals surface area contributed by atoms with Crippen LogP contribution in [0.25, 0.3) is 6.08 Å². The first-order chi connectivity index (χ1) is 9.20. The van der Waals surface area contributed by atoms with E-state index in [1.807, 2.05) is 42.3 Å². The number of carbonyl (C=O) groups is 1. The van der Waals surface area contributed by atoms with Crippen LogP contribution in [-0.2, 0) is 4.79 Å². The van der Waals surface area contributed by atoms with Gasteiger partial charge in [-0.2, -0.15) is 0 Å². The summed E-state index contributed by atoms with van der Waals surface area (Å²) in [7, 11) is 1.96. The molecule has 0 aliphatic carbocycles. The lowest BCUT2D eigenvalue weighted by Gasteiger charge is -2.14. The predicted octanol–water partition coefficient (Wildman–Crippen LogP) is 2.95. The van der Waals surface area contributed by atoms with E-state index in [4.69, 9.17) is 0 Å². The lowest BCUT2D eigenvalue weighted by atomic mass is 10.1. The molecule has 1 unspecified atom stereocenters. The standard InChI is InChI=1S/C15H19BrN2O.ClH/c1-17-10-12-8-9-18(11-12)15(19)7-6-13-4-2-3-5-14(13)16;/h2-7,12,17H,8-11H2,1H3;1H/b7-6+;. The number of benzene rings is 1. The van der Waals surface area contributed by atoms with Crippen LogP contribution in [0.4, 0.5) is 0 Å². The summed E-state index contributed by atoms with van der Waals surface area (Å²) in [6.07, 6.45) is 4.63. The van der Waals surface area contributed by atoms with Crippen LogP contribution >= 0.6 is 28.3 Å². The van der Waals surface area contributed by atoms with Crippen molar-refractivity contribution in [3.8, 4) is 0 Å². The molecule has 1 heterocycles. The van der Waals surface area contributed by atoms with Crippen LogP contribution in [-0.4, -0.2) is 37.5 Å². The lowest BCUT2D eigenvalue weighted by molar-refractivity contribution is -0.125. The highest BCUT2D eigenvalue weighted by Gasteiger charge is 2.24. The van der Waals surface area contributed by atoms with Gasteiger partial charge in [-0.3, -0.25) is 4.79 Å². The molecule has 110 valence electrons. The minimum Gasteiger partial charge on any atom is -0.339 e. The number of carbonyl (C=O) groups excluding carboxylic acids is 1. The molecule has 0 bridgehead atoms. The largest absolute Gasteiger partial charge is 0.339 e. The van der Waals surface area contributed by atoms with Gasteiger partial charge in [0.05, 0.1) is 0 Å². The minimum atomic E-state index is 0. The van der Waals surface area contributed by atoms with Crippen LogP contribution in [0.3, 0.4) is 0 Å². The average Bonchev–Trinajstić information content (AvgIpc) is 2.87. The molecule has 1 N–H and O–H groups in total. The van der Waals surface area contributed by atoms with Crippen molar-refractivity contribution in [2.75, 3.05) is 26.7 Å². The Balaban J connectivity index is 0.00000200. The summed E-state index contributed by atoms with van der Waals surface area (Å²) in [5, 5.41) is 3.17. The first-order valence-electron chi connectivity index (χ1n) is 6.57. The van der Waals surface area contributed by atoms with Gasteiger partial charge in [-0.15, -0.1) is 12.4 Å². The molecule has 1 aliphatic heterocycles. The molecule has 1 aromatic carbocycles. The molecule has 0 radical (unpaired) electrons. The van der Waals surface area contributed by atoms with E-state index in [0.717, 1.165) is 36.1 Å². The maximum Gasteiger partial charge on any atom is 0.246 e. The normalized spacial score (nSPS) is 18.3. The molecule has 2 rings (SSSR count). The lowest BCUT2D eigenvalue weighted by Crippen LogP contribution is -2.28.